The number of piperazine rings is 1. The quantitative estimate of drug-likeness (QED) is 0.767. The van der Waals surface area contributed by atoms with E-state index < -0.39 is 0 Å². The highest BCUT2D eigenvalue weighted by Crippen LogP contribution is 2.29. The zero-order chi connectivity index (χ0) is 20.8. The lowest BCUT2D eigenvalue weighted by molar-refractivity contribution is -0.138. The second-order valence-electron chi connectivity index (χ2n) is 8.28. The van der Waals surface area contributed by atoms with Gasteiger partial charge in [0.2, 0.25) is 11.8 Å². The van der Waals surface area contributed by atoms with Gasteiger partial charge in [0.15, 0.2) is 0 Å². The Morgan fingerprint density at radius 3 is 2.62 bits per heavy atom. The van der Waals surface area contributed by atoms with Crippen LogP contribution in [0.4, 0.5) is 5.69 Å². The van der Waals surface area contributed by atoms with Crippen molar-refractivity contribution < 1.29 is 14.3 Å². The average Bonchev–Trinajstić information content (AvgIpc) is 2.71. The molecule has 0 unspecified atom stereocenters. The smallest absolute Gasteiger partial charge is 0.248 e. The lowest BCUT2D eigenvalue weighted by atomic mass is 9.78. The standard InChI is InChI=1S/C22H32ClN3O3/c1-16-5-3-8-20(17(16)2)24-21(27)14-29-15-22(28)26-11-9-25(10-12-26)19-7-4-6-18(23)13-19/h4,6-7,13,16-17,20H,3,5,8-12,14-15H2,1-2H3,(H,24,27)/t16-,17+,20-/m0/s1. The number of hydrogen-bond acceptors (Lipinski definition) is 4. The first-order valence-electron chi connectivity index (χ1n) is 10.6. The van der Waals surface area contributed by atoms with Crippen molar-refractivity contribution in [2.45, 2.75) is 39.2 Å². The van der Waals surface area contributed by atoms with Crippen molar-refractivity contribution in [1.82, 2.24) is 10.2 Å². The van der Waals surface area contributed by atoms with Gasteiger partial charge in [0.05, 0.1) is 0 Å². The largest absolute Gasteiger partial charge is 0.368 e. The Morgan fingerprint density at radius 1 is 1.14 bits per heavy atom. The molecule has 1 aromatic rings. The van der Waals surface area contributed by atoms with Crippen LogP contribution >= 0.6 is 11.6 Å². The molecule has 1 aliphatic carbocycles. The van der Waals surface area contributed by atoms with Crippen molar-refractivity contribution in [3.05, 3.63) is 29.3 Å². The third kappa shape index (κ3) is 6.09. The fourth-order valence-corrected chi connectivity index (χ4v) is 4.43. The van der Waals surface area contributed by atoms with Crippen molar-refractivity contribution in [1.29, 1.82) is 0 Å². The van der Waals surface area contributed by atoms with Gasteiger partial charge >= 0.3 is 0 Å². The highest BCUT2D eigenvalue weighted by atomic mass is 35.5. The third-order valence-electron chi connectivity index (χ3n) is 6.32. The molecule has 3 atom stereocenters. The number of ether oxygens (including phenoxy) is 1. The molecule has 7 heteroatoms. The van der Waals surface area contributed by atoms with E-state index in [1.54, 1.807) is 4.90 Å². The van der Waals surface area contributed by atoms with Crippen molar-refractivity contribution >= 4 is 29.1 Å². The number of nitrogens with zero attached hydrogens (tertiary/aromatic N) is 2. The molecule has 0 spiro atoms. The van der Waals surface area contributed by atoms with Crippen LogP contribution in [-0.2, 0) is 14.3 Å². The van der Waals surface area contributed by atoms with E-state index >= 15 is 0 Å². The summed E-state index contributed by atoms with van der Waals surface area (Å²) in [6.45, 7) is 7.10. The molecule has 0 aromatic heterocycles. The molecule has 1 saturated heterocycles. The second-order valence-corrected chi connectivity index (χ2v) is 8.72. The van der Waals surface area contributed by atoms with Crippen LogP contribution in [0.1, 0.15) is 33.1 Å². The summed E-state index contributed by atoms with van der Waals surface area (Å²) in [6.07, 6.45) is 3.40. The minimum absolute atomic E-state index is 0.0544. The summed E-state index contributed by atoms with van der Waals surface area (Å²) in [7, 11) is 0. The number of benzene rings is 1. The number of carbonyl (C=O) groups excluding carboxylic acids is 2. The first-order valence-corrected chi connectivity index (χ1v) is 11.0. The maximum atomic E-state index is 12.4. The number of amides is 2. The molecule has 1 aliphatic heterocycles. The molecule has 1 saturated carbocycles. The van der Waals surface area contributed by atoms with Gasteiger partial charge in [0, 0.05) is 42.9 Å². The van der Waals surface area contributed by atoms with Crippen LogP contribution in [0.25, 0.3) is 0 Å². The van der Waals surface area contributed by atoms with Crippen molar-refractivity contribution in [2.24, 2.45) is 11.8 Å². The van der Waals surface area contributed by atoms with Gasteiger partial charge < -0.3 is 19.9 Å². The van der Waals surface area contributed by atoms with Crippen LogP contribution in [0.2, 0.25) is 5.02 Å². The molecule has 2 fully saturated rings. The summed E-state index contributed by atoms with van der Waals surface area (Å²) in [5.41, 5.74) is 1.07. The number of halogens is 1. The molecule has 6 nitrogen and oxygen atoms in total. The van der Waals surface area contributed by atoms with E-state index in [1.165, 1.54) is 6.42 Å². The van der Waals surface area contributed by atoms with Gasteiger partial charge in [-0.1, -0.05) is 44.4 Å². The van der Waals surface area contributed by atoms with Gasteiger partial charge in [-0.2, -0.15) is 0 Å². The zero-order valence-corrected chi connectivity index (χ0v) is 18.2. The number of hydrogen-bond donors (Lipinski definition) is 1. The predicted octanol–water partition coefficient (Wildman–Crippen LogP) is 2.95. The molecule has 1 N–H and O–H groups in total. The van der Waals surface area contributed by atoms with Gasteiger partial charge in [0.1, 0.15) is 13.2 Å². The van der Waals surface area contributed by atoms with Crippen LogP contribution in [-0.4, -0.2) is 62.1 Å². The highest BCUT2D eigenvalue weighted by molar-refractivity contribution is 6.30. The lowest BCUT2D eigenvalue weighted by Gasteiger charge is -2.36. The van der Waals surface area contributed by atoms with Gasteiger partial charge in [-0.3, -0.25) is 9.59 Å². The van der Waals surface area contributed by atoms with E-state index in [1.807, 2.05) is 24.3 Å². The molecule has 3 rings (SSSR count). The molecule has 0 radical (unpaired) electrons. The number of nitrogens with one attached hydrogen (secondary N) is 1. The van der Waals surface area contributed by atoms with E-state index in [4.69, 9.17) is 16.3 Å². The normalized spacial score (nSPS) is 25.0. The minimum Gasteiger partial charge on any atom is -0.368 e. The fourth-order valence-electron chi connectivity index (χ4n) is 4.24. The molecule has 29 heavy (non-hydrogen) atoms. The topological polar surface area (TPSA) is 61.9 Å². The molecule has 1 heterocycles. The Bertz CT molecular complexity index is 706. The summed E-state index contributed by atoms with van der Waals surface area (Å²) in [6, 6.07) is 7.97. The number of rotatable bonds is 6. The van der Waals surface area contributed by atoms with Gasteiger partial charge in [-0.25, -0.2) is 0 Å². The molecule has 160 valence electrons. The minimum atomic E-state index is -0.130. The SMILES string of the molecule is C[C@H]1[C@@H](NC(=O)COCC(=O)N2CCN(c3cccc(Cl)c3)CC2)CCC[C@@H]1C. The summed E-state index contributed by atoms with van der Waals surface area (Å²) in [5.74, 6) is 0.907. The maximum Gasteiger partial charge on any atom is 0.248 e. The number of anilines is 1. The predicted molar refractivity (Wildman–Crippen MR) is 115 cm³/mol. The first kappa shape index (κ1) is 21.9. The Morgan fingerprint density at radius 2 is 1.90 bits per heavy atom. The molecule has 1 aromatic carbocycles. The monoisotopic (exact) mass is 421 g/mol. The van der Waals surface area contributed by atoms with Crippen LogP contribution in [0.5, 0.6) is 0 Å². The zero-order valence-electron chi connectivity index (χ0n) is 17.4. The van der Waals surface area contributed by atoms with E-state index in [0.29, 0.717) is 29.9 Å². The van der Waals surface area contributed by atoms with Crippen LogP contribution in [0.3, 0.4) is 0 Å². The van der Waals surface area contributed by atoms with Gasteiger partial charge in [-0.15, -0.1) is 0 Å². The van der Waals surface area contributed by atoms with E-state index in [-0.39, 0.29) is 31.1 Å². The Labute approximate surface area is 178 Å². The molecule has 2 aliphatic rings. The van der Waals surface area contributed by atoms with Crippen LogP contribution in [0, 0.1) is 11.8 Å². The van der Waals surface area contributed by atoms with Crippen molar-refractivity contribution in [3.8, 4) is 0 Å². The Balaban J connectivity index is 1.35. The van der Waals surface area contributed by atoms with Crippen molar-refractivity contribution in [2.75, 3.05) is 44.3 Å². The molecule has 2 amide bonds. The third-order valence-corrected chi connectivity index (χ3v) is 6.55. The molecule has 0 bridgehead atoms. The summed E-state index contributed by atoms with van der Waals surface area (Å²) >= 11 is 6.06. The average molecular weight is 422 g/mol. The summed E-state index contributed by atoms with van der Waals surface area (Å²) in [4.78, 5) is 28.6. The Kier molecular flexibility index (Phi) is 7.78. The second kappa shape index (κ2) is 10.3. The maximum absolute atomic E-state index is 12.4. The molecular weight excluding hydrogens is 390 g/mol. The highest BCUT2D eigenvalue weighted by Gasteiger charge is 2.28. The summed E-state index contributed by atoms with van der Waals surface area (Å²) < 4.78 is 5.41. The van der Waals surface area contributed by atoms with Gasteiger partial charge in [-0.05, 0) is 36.5 Å². The molecular formula is C22H32ClN3O3. The first-order chi connectivity index (χ1) is 13.9. The van der Waals surface area contributed by atoms with Gasteiger partial charge in [0.25, 0.3) is 0 Å². The van der Waals surface area contributed by atoms with Crippen molar-refractivity contribution in [3.63, 3.8) is 0 Å². The van der Waals surface area contributed by atoms with E-state index in [2.05, 4.69) is 24.1 Å². The van der Waals surface area contributed by atoms with Crippen LogP contribution < -0.4 is 10.2 Å². The van der Waals surface area contributed by atoms with E-state index in [9.17, 15) is 9.59 Å². The number of carbonyl (C=O) groups is 2. The summed E-state index contributed by atoms with van der Waals surface area (Å²) in [5, 5.41) is 3.79. The lowest BCUT2D eigenvalue weighted by Crippen LogP contribution is -2.50. The van der Waals surface area contributed by atoms with Crippen LogP contribution in [0.15, 0.2) is 24.3 Å². The Hall–Kier alpha value is -1.79. The van der Waals surface area contributed by atoms with E-state index in [0.717, 1.165) is 31.6 Å². The fraction of sp³-hybridized carbons (Fsp3) is 0.636.